The zero-order chi connectivity index (χ0) is 12.5. The third kappa shape index (κ3) is 3.83. The lowest BCUT2D eigenvalue weighted by atomic mass is 10.1. The average molecular weight is 294 g/mol. The first kappa shape index (κ1) is 13.6. The van der Waals surface area contributed by atoms with Crippen molar-refractivity contribution in [3.8, 4) is 0 Å². The van der Waals surface area contributed by atoms with Crippen molar-refractivity contribution in [2.24, 2.45) is 0 Å². The summed E-state index contributed by atoms with van der Waals surface area (Å²) < 4.78 is 6.75. The molecule has 1 atom stereocenters. The van der Waals surface area contributed by atoms with Crippen LogP contribution in [0.1, 0.15) is 18.7 Å². The molecule has 96 valence electrons. The molecule has 0 radical (unpaired) electrons. The molecule has 0 saturated carbocycles. The summed E-state index contributed by atoms with van der Waals surface area (Å²) in [7, 11) is 0. The number of rotatable bonds is 3. The van der Waals surface area contributed by atoms with E-state index in [2.05, 4.69) is 24.8 Å². The van der Waals surface area contributed by atoms with Crippen molar-refractivity contribution in [3.05, 3.63) is 21.3 Å². The Balaban J connectivity index is 2.00. The normalized spacial score (nSPS) is 25.1. The van der Waals surface area contributed by atoms with Crippen LogP contribution in [0.2, 0.25) is 4.34 Å². The minimum absolute atomic E-state index is 0.121. The highest BCUT2D eigenvalue weighted by Gasteiger charge is 2.32. The number of hydrogen-bond donors (Lipinski definition) is 0. The molecule has 2 heterocycles. The molecule has 2 rings (SSSR count). The van der Waals surface area contributed by atoms with Crippen LogP contribution in [0.4, 0.5) is 0 Å². The van der Waals surface area contributed by atoms with Crippen LogP contribution < -0.4 is 0 Å². The lowest BCUT2D eigenvalue weighted by Gasteiger charge is -2.42. The van der Waals surface area contributed by atoms with Crippen LogP contribution in [0.15, 0.2) is 12.1 Å². The summed E-state index contributed by atoms with van der Waals surface area (Å²) in [6.45, 7) is 6.97. The Hall–Kier alpha value is 0.200. The van der Waals surface area contributed by atoms with E-state index in [0.29, 0.717) is 5.88 Å². The minimum atomic E-state index is -0.126. The highest BCUT2D eigenvalue weighted by atomic mass is 35.5. The first-order valence-corrected chi connectivity index (χ1v) is 7.42. The van der Waals surface area contributed by atoms with Gasteiger partial charge in [0.05, 0.1) is 16.0 Å². The molecule has 0 bridgehead atoms. The van der Waals surface area contributed by atoms with Gasteiger partial charge in [0.1, 0.15) is 0 Å². The van der Waals surface area contributed by atoms with E-state index in [9.17, 15) is 0 Å². The Labute approximate surface area is 116 Å². The van der Waals surface area contributed by atoms with Crippen LogP contribution in [0.5, 0.6) is 0 Å². The molecule has 2 nitrogen and oxygen atoms in total. The largest absolute Gasteiger partial charge is 0.368 e. The van der Waals surface area contributed by atoms with Gasteiger partial charge in [-0.1, -0.05) is 11.6 Å². The van der Waals surface area contributed by atoms with Gasteiger partial charge in [-0.3, -0.25) is 4.90 Å². The molecular formula is C12H17Cl2NOS. The van der Waals surface area contributed by atoms with Crippen molar-refractivity contribution >= 4 is 34.5 Å². The van der Waals surface area contributed by atoms with E-state index < -0.39 is 0 Å². The minimum Gasteiger partial charge on any atom is -0.368 e. The van der Waals surface area contributed by atoms with E-state index in [1.807, 2.05) is 6.07 Å². The van der Waals surface area contributed by atoms with Crippen LogP contribution in [0.25, 0.3) is 0 Å². The summed E-state index contributed by atoms with van der Waals surface area (Å²) in [5.41, 5.74) is -0.126. The fraction of sp³-hybridized carbons (Fsp3) is 0.667. The van der Waals surface area contributed by atoms with Gasteiger partial charge < -0.3 is 4.74 Å². The number of ether oxygens (including phenoxy) is 1. The van der Waals surface area contributed by atoms with Gasteiger partial charge in [0, 0.05) is 30.4 Å². The number of thiophene rings is 1. The molecule has 5 heteroatoms. The van der Waals surface area contributed by atoms with E-state index in [-0.39, 0.29) is 11.7 Å². The second kappa shape index (κ2) is 5.45. The smallest absolute Gasteiger partial charge is 0.0931 e. The Morgan fingerprint density at radius 2 is 2.29 bits per heavy atom. The predicted molar refractivity (Wildman–Crippen MR) is 74.3 cm³/mol. The number of morpholine rings is 1. The summed E-state index contributed by atoms with van der Waals surface area (Å²) in [5, 5.41) is 0. The second-order valence-corrected chi connectivity index (χ2v) is 7.14. The molecule has 1 aliphatic heterocycles. The average Bonchev–Trinajstić information content (AvgIpc) is 2.61. The number of halogens is 2. The van der Waals surface area contributed by atoms with E-state index in [1.165, 1.54) is 4.88 Å². The first-order chi connectivity index (χ1) is 7.98. The molecule has 0 N–H and O–H groups in total. The molecular weight excluding hydrogens is 277 g/mol. The Morgan fingerprint density at radius 1 is 1.53 bits per heavy atom. The first-order valence-electron chi connectivity index (χ1n) is 5.69. The van der Waals surface area contributed by atoms with Gasteiger partial charge in [-0.05, 0) is 26.0 Å². The lowest BCUT2D eigenvalue weighted by molar-refractivity contribution is -0.129. The quantitative estimate of drug-likeness (QED) is 0.789. The van der Waals surface area contributed by atoms with Gasteiger partial charge >= 0.3 is 0 Å². The van der Waals surface area contributed by atoms with Crippen LogP contribution in [-0.4, -0.2) is 35.6 Å². The maximum Gasteiger partial charge on any atom is 0.0931 e. The van der Waals surface area contributed by atoms with E-state index in [1.54, 1.807) is 11.3 Å². The lowest BCUT2D eigenvalue weighted by Crippen LogP contribution is -2.52. The molecule has 0 aromatic carbocycles. The predicted octanol–water partition coefficient (Wildman–Crippen LogP) is 3.62. The molecule has 0 spiro atoms. The van der Waals surface area contributed by atoms with Crippen molar-refractivity contribution < 1.29 is 4.74 Å². The van der Waals surface area contributed by atoms with Gasteiger partial charge in [-0.25, -0.2) is 0 Å². The summed E-state index contributed by atoms with van der Waals surface area (Å²) in [5.74, 6) is 0.547. The van der Waals surface area contributed by atoms with Crippen LogP contribution in [-0.2, 0) is 11.3 Å². The van der Waals surface area contributed by atoms with Gasteiger partial charge in [-0.15, -0.1) is 22.9 Å². The van der Waals surface area contributed by atoms with Crippen LogP contribution in [0, 0.1) is 0 Å². The molecule has 0 amide bonds. The van der Waals surface area contributed by atoms with Gasteiger partial charge in [0.15, 0.2) is 0 Å². The molecule has 17 heavy (non-hydrogen) atoms. The van der Waals surface area contributed by atoms with Gasteiger partial charge in [-0.2, -0.15) is 0 Å². The van der Waals surface area contributed by atoms with Crippen LogP contribution in [0.3, 0.4) is 0 Å². The summed E-state index contributed by atoms with van der Waals surface area (Å²) >= 11 is 13.5. The van der Waals surface area contributed by atoms with Crippen molar-refractivity contribution in [2.75, 3.05) is 19.0 Å². The summed E-state index contributed by atoms with van der Waals surface area (Å²) in [4.78, 5) is 3.68. The summed E-state index contributed by atoms with van der Waals surface area (Å²) in [6, 6.07) is 4.04. The highest BCUT2D eigenvalue weighted by Crippen LogP contribution is 2.26. The molecule has 1 aromatic rings. The maximum absolute atomic E-state index is 5.94. The molecule has 1 aromatic heterocycles. The van der Waals surface area contributed by atoms with E-state index in [4.69, 9.17) is 27.9 Å². The van der Waals surface area contributed by atoms with Crippen molar-refractivity contribution in [1.29, 1.82) is 0 Å². The monoisotopic (exact) mass is 293 g/mol. The highest BCUT2D eigenvalue weighted by molar-refractivity contribution is 7.16. The molecule has 0 aliphatic carbocycles. The number of nitrogens with zero attached hydrogens (tertiary/aromatic N) is 1. The standard InChI is InChI=1S/C12H17Cl2NOS/c1-12(2)8-15(6-9(5-13)16-12)7-10-3-4-11(14)17-10/h3-4,9H,5-8H2,1-2H3. The summed E-state index contributed by atoms with van der Waals surface area (Å²) in [6.07, 6.45) is 0.121. The number of hydrogen-bond acceptors (Lipinski definition) is 3. The van der Waals surface area contributed by atoms with E-state index in [0.717, 1.165) is 24.0 Å². The Bertz CT molecular complexity index is 380. The van der Waals surface area contributed by atoms with Crippen LogP contribution >= 0.6 is 34.5 Å². The number of alkyl halides is 1. The van der Waals surface area contributed by atoms with Gasteiger partial charge in [0.2, 0.25) is 0 Å². The van der Waals surface area contributed by atoms with Crippen molar-refractivity contribution in [2.45, 2.75) is 32.1 Å². The third-order valence-corrected chi connectivity index (χ3v) is 4.29. The molecule has 1 fully saturated rings. The zero-order valence-corrected chi connectivity index (χ0v) is 12.4. The third-order valence-electron chi connectivity index (χ3n) is 2.73. The van der Waals surface area contributed by atoms with Crippen molar-refractivity contribution in [3.63, 3.8) is 0 Å². The molecule has 1 saturated heterocycles. The SMILES string of the molecule is CC1(C)CN(Cc2ccc(Cl)s2)CC(CCl)O1. The Morgan fingerprint density at radius 3 is 2.88 bits per heavy atom. The van der Waals surface area contributed by atoms with Crippen molar-refractivity contribution in [1.82, 2.24) is 4.90 Å². The fourth-order valence-electron chi connectivity index (χ4n) is 2.27. The zero-order valence-electron chi connectivity index (χ0n) is 10.1. The Kier molecular flexibility index (Phi) is 4.37. The molecule has 1 unspecified atom stereocenters. The molecule has 1 aliphatic rings. The second-order valence-electron chi connectivity index (χ2n) is 5.03. The fourth-order valence-corrected chi connectivity index (χ4v) is 3.57. The van der Waals surface area contributed by atoms with Gasteiger partial charge in [0.25, 0.3) is 0 Å². The topological polar surface area (TPSA) is 12.5 Å². The van der Waals surface area contributed by atoms with E-state index >= 15 is 0 Å². The maximum atomic E-state index is 5.94.